The molecule has 0 spiro atoms. The minimum Gasteiger partial charge on any atom is -0.462 e. The third-order valence-corrected chi connectivity index (χ3v) is 14.1. The van der Waals surface area contributed by atoms with Crippen molar-refractivity contribution in [2.75, 3.05) is 19.8 Å². The van der Waals surface area contributed by atoms with E-state index in [9.17, 15) is 9.59 Å². The summed E-state index contributed by atoms with van der Waals surface area (Å²) in [6.07, 6.45) is 81.3. The largest absolute Gasteiger partial charge is 0.462 e. The first-order valence-electron chi connectivity index (χ1n) is 31.8. The fourth-order valence-corrected chi connectivity index (χ4v) is 9.32. The van der Waals surface area contributed by atoms with E-state index in [1.807, 2.05) is 6.08 Å². The molecule has 0 aliphatic heterocycles. The molecule has 0 aromatic heterocycles. The molecule has 420 valence electrons. The Kier molecular flexibility index (Phi) is 60.8. The van der Waals surface area contributed by atoms with Gasteiger partial charge in [-0.15, -0.1) is 0 Å². The number of unbranched alkanes of at least 4 members (excludes halogenated alkanes) is 38. The van der Waals surface area contributed by atoms with Crippen LogP contribution in [0, 0.1) is 0 Å². The molecule has 0 rings (SSSR count). The first-order valence-corrected chi connectivity index (χ1v) is 31.8. The maximum absolute atomic E-state index is 12.9. The second-order valence-corrected chi connectivity index (χ2v) is 21.3. The zero-order valence-electron chi connectivity index (χ0n) is 48.5. The molecule has 0 N–H and O–H groups in total. The molecule has 0 heterocycles. The zero-order valence-corrected chi connectivity index (χ0v) is 48.5. The smallest absolute Gasteiger partial charge is 0.306 e. The monoisotopic (exact) mass is 1010 g/mol. The van der Waals surface area contributed by atoms with E-state index < -0.39 is 6.10 Å². The minimum atomic E-state index is -0.564. The molecule has 0 aliphatic carbocycles. The topological polar surface area (TPSA) is 61.8 Å². The van der Waals surface area contributed by atoms with Gasteiger partial charge in [0, 0.05) is 19.4 Å². The van der Waals surface area contributed by atoms with Gasteiger partial charge < -0.3 is 14.2 Å². The third kappa shape index (κ3) is 60.2. The van der Waals surface area contributed by atoms with E-state index in [0.29, 0.717) is 25.9 Å². The molecule has 0 saturated heterocycles. The van der Waals surface area contributed by atoms with Crippen molar-refractivity contribution in [3.63, 3.8) is 0 Å². The first-order chi connectivity index (χ1) is 35.6. The molecule has 1 atom stereocenters. The number of esters is 2. The van der Waals surface area contributed by atoms with Crippen LogP contribution in [0.15, 0.2) is 60.8 Å². The summed E-state index contributed by atoms with van der Waals surface area (Å²) in [6, 6.07) is 0. The Morgan fingerprint density at radius 2 is 0.611 bits per heavy atom. The minimum absolute atomic E-state index is 0.0504. The molecule has 0 bridgehead atoms. The first kappa shape index (κ1) is 69.6. The Hall–Kier alpha value is -2.40. The van der Waals surface area contributed by atoms with Gasteiger partial charge in [-0.1, -0.05) is 319 Å². The Labute approximate surface area is 449 Å². The fraction of sp³-hybridized carbons (Fsp3) is 0.821. The van der Waals surface area contributed by atoms with Gasteiger partial charge in [0.1, 0.15) is 6.61 Å². The molecule has 0 fully saturated rings. The molecule has 5 nitrogen and oxygen atoms in total. The highest BCUT2D eigenvalue weighted by Crippen LogP contribution is 2.17. The van der Waals surface area contributed by atoms with E-state index in [1.165, 1.54) is 238 Å². The summed E-state index contributed by atoms with van der Waals surface area (Å²) in [4.78, 5) is 25.6. The highest BCUT2D eigenvalue weighted by atomic mass is 16.6. The summed E-state index contributed by atoms with van der Waals surface area (Å²) in [5, 5.41) is 0. The van der Waals surface area contributed by atoms with Gasteiger partial charge in [-0.2, -0.15) is 0 Å². The molecular formula is C67H122O5. The van der Waals surface area contributed by atoms with Crippen LogP contribution in [0.1, 0.15) is 329 Å². The van der Waals surface area contributed by atoms with Gasteiger partial charge in [-0.3, -0.25) is 9.59 Å². The highest BCUT2D eigenvalue weighted by molar-refractivity contribution is 5.70. The van der Waals surface area contributed by atoms with Crippen LogP contribution in [0.4, 0.5) is 0 Å². The lowest BCUT2D eigenvalue weighted by molar-refractivity contribution is -0.162. The molecule has 0 radical (unpaired) electrons. The van der Waals surface area contributed by atoms with Crippen molar-refractivity contribution in [1.29, 1.82) is 0 Å². The fourth-order valence-electron chi connectivity index (χ4n) is 9.32. The van der Waals surface area contributed by atoms with Crippen LogP contribution in [0.3, 0.4) is 0 Å². The van der Waals surface area contributed by atoms with Gasteiger partial charge in [-0.25, -0.2) is 0 Å². The van der Waals surface area contributed by atoms with Crippen LogP contribution >= 0.6 is 0 Å². The standard InChI is InChI=1S/C67H122O5/c1-4-7-10-13-16-19-22-25-28-31-33-34-36-38-40-43-46-49-52-55-58-61-67(69)72-65(63-70-62-59-56-53-50-47-44-41-30-27-24-21-18-15-12-9-6-3)64-71-66(68)60-57-54-51-48-45-42-39-37-35-32-29-26-23-20-17-14-11-8-5-2/h17,20,26,29,35,37,42,45,51,54,65H,4-16,18-19,21-25,27-28,30-34,36,38-41,43-44,46-50,52-53,55-64H2,1-3H3/b20-17-,29-26-,37-35-,45-42-,54-51-/t65-/m1/s1. The van der Waals surface area contributed by atoms with Crippen molar-refractivity contribution in [3.8, 4) is 0 Å². The lowest BCUT2D eigenvalue weighted by Crippen LogP contribution is -2.30. The molecular weight excluding hydrogens is 885 g/mol. The van der Waals surface area contributed by atoms with Crippen LogP contribution in [-0.2, 0) is 23.8 Å². The summed E-state index contributed by atoms with van der Waals surface area (Å²) in [6.45, 7) is 7.79. The average Bonchev–Trinajstić information content (AvgIpc) is 3.38. The van der Waals surface area contributed by atoms with Crippen molar-refractivity contribution < 1.29 is 23.8 Å². The molecule has 0 unspecified atom stereocenters. The molecule has 0 saturated carbocycles. The SMILES string of the molecule is CCCCC/C=C\C/C=C\C/C=C\C/C=C\C/C=C\CCC(=O)OC[C@@H](COCCCCCCCCCCCCCCCCCC)OC(=O)CCCCCCCCCCCCCCCCCCCCCCC. The highest BCUT2D eigenvalue weighted by Gasteiger charge is 2.17. The van der Waals surface area contributed by atoms with Crippen LogP contribution in [0.5, 0.6) is 0 Å². The number of carbonyl (C=O) groups excluding carboxylic acids is 2. The van der Waals surface area contributed by atoms with Crippen LogP contribution in [0.2, 0.25) is 0 Å². The Balaban J connectivity index is 4.32. The van der Waals surface area contributed by atoms with Gasteiger partial charge in [-0.05, 0) is 57.8 Å². The number of rotatable bonds is 59. The van der Waals surface area contributed by atoms with Crippen molar-refractivity contribution >= 4 is 11.9 Å². The van der Waals surface area contributed by atoms with E-state index in [2.05, 4.69) is 75.5 Å². The van der Waals surface area contributed by atoms with Crippen LogP contribution in [0.25, 0.3) is 0 Å². The molecule has 0 aromatic carbocycles. The number of hydrogen-bond acceptors (Lipinski definition) is 5. The summed E-state index contributed by atoms with van der Waals surface area (Å²) >= 11 is 0. The predicted octanol–water partition coefficient (Wildman–Crippen LogP) is 22.0. The maximum atomic E-state index is 12.9. The van der Waals surface area contributed by atoms with Crippen molar-refractivity contribution in [2.45, 2.75) is 335 Å². The third-order valence-electron chi connectivity index (χ3n) is 14.1. The van der Waals surface area contributed by atoms with Gasteiger partial charge in [0.15, 0.2) is 6.10 Å². The summed E-state index contributed by atoms with van der Waals surface area (Å²) < 4.78 is 17.5. The van der Waals surface area contributed by atoms with E-state index in [-0.39, 0.29) is 25.2 Å². The quantitative estimate of drug-likeness (QED) is 0.0345. The van der Waals surface area contributed by atoms with Gasteiger partial charge >= 0.3 is 11.9 Å². The predicted molar refractivity (Wildman–Crippen MR) is 316 cm³/mol. The zero-order chi connectivity index (χ0) is 52.0. The number of carbonyl (C=O) groups is 2. The lowest BCUT2D eigenvalue weighted by Gasteiger charge is -2.18. The van der Waals surface area contributed by atoms with Crippen molar-refractivity contribution in [3.05, 3.63) is 60.8 Å². The summed E-state index contributed by atoms with van der Waals surface area (Å²) in [7, 11) is 0. The molecule has 0 amide bonds. The van der Waals surface area contributed by atoms with Gasteiger partial charge in [0.2, 0.25) is 0 Å². The van der Waals surface area contributed by atoms with E-state index in [1.54, 1.807) is 0 Å². The summed E-state index contributed by atoms with van der Waals surface area (Å²) in [5.41, 5.74) is 0. The summed E-state index contributed by atoms with van der Waals surface area (Å²) in [5.74, 6) is -0.472. The number of ether oxygens (including phenoxy) is 3. The van der Waals surface area contributed by atoms with Gasteiger partial charge in [0.25, 0.3) is 0 Å². The number of hydrogen-bond donors (Lipinski definition) is 0. The maximum Gasteiger partial charge on any atom is 0.306 e. The second kappa shape index (κ2) is 62.9. The second-order valence-electron chi connectivity index (χ2n) is 21.3. The Morgan fingerprint density at radius 1 is 0.306 bits per heavy atom. The van der Waals surface area contributed by atoms with Crippen molar-refractivity contribution in [1.82, 2.24) is 0 Å². The lowest BCUT2D eigenvalue weighted by atomic mass is 10.0. The normalized spacial score (nSPS) is 12.5. The van der Waals surface area contributed by atoms with Crippen LogP contribution < -0.4 is 0 Å². The van der Waals surface area contributed by atoms with E-state index in [4.69, 9.17) is 14.2 Å². The van der Waals surface area contributed by atoms with Crippen LogP contribution in [-0.4, -0.2) is 37.9 Å². The van der Waals surface area contributed by atoms with E-state index >= 15 is 0 Å². The van der Waals surface area contributed by atoms with E-state index in [0.717, 1.165) is 51.4 Å². The average molecular weight is 1010 g/mol. The van der Waals surface area contributed by atoms with Crippen molar-refractivity contribution in [2.24, 2.45) is 0 Å². The molecule has 72 heavy (non-hydrogen) atoms. The molecule has 5 heteroatoms. The van der Waals surface area contributed by atoms with Gasteiger partial charge in [0.05, 0.1) is 6.61 Å². The molecule has 0 aliphatic rings. The Morgan fingerprint density at radius 3 is 0.986 bits per heavy atom. The Bertz CT molecular complexity index is 1230. The molecule has 0 aromatic rings. The number of allylic oxidation sites excluding steroid dienone is 10.